The highest BCUT2D eigenvalue weighted by atomic mass is 32.1. The van der Waals surface area contributed by atoms with Crippen molar-refractivity contribution in [2.24, 2.45) is 0 Å². The topological polar surface area (TPSA) is 36.4 Å². The third-order valence-corrected chi connectivity index (χ3v) is 5.96. The lowest BCUT2D eigenvalue weighted by Gasteiger charge is -2.39. The van der Waals surface area contributed by atoms with Crippen LogP contribution in [-0.2, 0) is 6.54 Å². The van der Waals surface area contributed by atoms with Gasteiger partial charge < -0.3 is 5.11 Å². The van der Waals surface area contributed by atoms with Crippen LogP contribution in [-0.4, -0.2) is 33.7 Å². The lowest BCUT2D eigenvalue weighted by molar-refractivity contribution is 0.0443. The van der Waals surface area contributed by atoms with Gasteiger partial charge in [0.05, 0.1) is 17.2 Å². The zero-order chi connectivity index (χ0) is 13.9. The molecule has 2 aromatic heterocycles. The zero-order valence-corrected chi connectivity index (χ0v) is 13.3. The van der Waals surface area contributed by atoms with Gasteiger partial charge in [0.2, 0.25) is 0 Å². The first kappa shape index (κ1) is 14.2. The van der Waals surface area contributed by atoms with Crippen molar-refractivity contribution in [3.8, 4) is 9.88 Å². The van der Waals surface area contributed by atoms with Crippen molar-refractivity contribution in [2.75, 3.05) is 6.61 Å². The summed E-state index contributed by atoms with van der Waals surface area (Å²) in [6, 6.07) is 5.02. The van der Waals surface area contributed by atoms with Crippen LogP contribution in [0.4, 0.5) is 0 Å². The minimum absolute atomic E-state index is 0.256. The van der Waals surface area contributed by atoms with E-state index in [4.69, 9.17) is 4.98 Å². The molecule has 1 N–H and O–H groups in total. The van der Waals surface area contributed by atoms with Crippen LogP contribution in [0.3, 0.4) is 0 Å². The van der Waals surface area contributed by atoms with Crippen molar-refractivity contribution in [3.63, 3.8) is 0 Å². The normalized spacial score (nSPS) is 24.1. The van der Waals surface area contributed by atoms with Gasteiger partial charge in [-0.3, -0.25) is 4.90 Å². The van der Waals surface area contributed by atoms with E-state index in [-0.39, 0.29) is 6.61 Å². The van der Waals surface area contributed by atoms with Gasteiger partial charge in [-0.15, -0.1) is 22.7 Å². The van der Waals surface area contributed by atoms with Crippen LogP contribution in [0.1, 0.15) is 31.9 Å². The second-order valence-corrected chi connectivity index (χ2v) is 7.22. The monoisotopic (exact) mass is 308 g/mol. The summed E-state index contributed by atoms with van der Waals surface area (Å²) in [6.07, 6.45) is 3.54. The summed E-state index contributed by atoms with van der Waals surface area (Å²) >= 11 is 3.45. The highest BCUT2D eigenvalue weighted by molar-refractivity contribution is 7.20. The Hall–Kier alpha value is -0.750. The smallest absolute Gasteiger partial charge is 0.133 e. The van der Waals surface area contributed by atoms with Crippen LogP contribution in [0, 0.1) is 0 Å². The molecule has 2 aromatic rings. The Labute approximate surface area is 127 Å². The Morgan fingerprint density at radius 2 is 2.30 bits per heavy atom. The maximum absolute atomic E-state index is 9.55. The average Bonchev–Trinajstić information content (AvgIpc) is 3.11. The van der Waals surface area contributed by atoms with Gasteiger partial charge >= 0.3 is 0 Å². The molecule has 3 nitrogen and oxygen atoms in total. The van der Waals surface area contributed by atoms with Crippen LogP contribution >= 0.6 is 22.7 Å². The third kappa shape index (κ3) is 2.96. The summed E-state index contributed by atoms with van der Waals surface area (Å²) in [7, 11) is 0. The Morgan fingerprint density at radius 1 is 1.40 bits per heavy atom. The van der Waals surface area contributed by atoms with E-state index in [0.29, 0.717) is 12.1 Å². The number of hydrogen-bond acceptors (Lipinski definition) is 5. The van der Waals surface area contributed by atoms with Gasteiger partial charge in [0.15, 0.2) is 0 Å². The lowest BCUT2D eigenvalue weighted by Crippen LogP contribution is -2.46. The van der Waals surface area contributed by atoms with E-state index in [1.54, 1.807) is 22.7 Å². The number of thiazole rings is 1. The molecule has 1 fully saturated rings. The molecule has 108 valence electrons. The molecule has 20 heavy (non-hydrogen) atoms. The molecule has 0 saturated carbocycles. The summed E-state index contributed by atoms with van der Waals surface area (Å²) in [5, 5.41) is 14.9. The summed E-state index contributed by atoms with van der Waals surface area (Å²) in [4.78, 5) is 8.41. The minimum Gasteiger partial charge on any atom is -0.395 e. The van der Waals surface area contributed by atoms with Crippen molar-refractivity contribution in [2.45, 2.75) is 44.8 Å². The number of thiophene rings is 1. The molecule has 0 aliphatic carbocycles. The Kier molecular flexibility index (Phi) is 4.51. The van der Waals surface area contributed by atoms with E-state index in [9.17, 15) is 5.11 Å². The Bertz CT molecular complexity index is 538. The highest BCUT2D eigenvalue weighted by Crippen LogP contribution is 2.30. The predicted molar refractivity (Wildman–Crippen MR) is 85.2 cm³/mol. The first-order chi connectivity index (χ1) is 9.78. The molecule has 0 radical (unpaired) electrons. The fourth-order valence-electron chi connectivity index (χ4n) is 2.90. The van der Waals surface area contributed by atoms with Crippen molar-refractivity contribution in [3.05, 3.63) is 28.6 Å². The van der Waals surface area contributed by atoms with E-state index < -0.39 is 0 Å². The molecule has 0 bridgehead atoms. The number of aliphatic hydroxyl groups is 1. The van der Waals surface area contributed by atoms with Crippen LogP contribution in [0.25, 0.3) is 9.88 Å². The van der Waals surface area contributed by atoms with Crippen molar-refractivity contribution in [1.29, 1.82) is 0 Å². The number of likely N-dealkylation sites (tertiary alicyclic amines) is 1. The van der Waals surface area contributed by atoms with E-state index in [1.165, 1.54) is 17.7 Å². The van der Waals surface area contributed by atoms with E-state index >= 15 is 0 Å². The molecular formula is C15H20N2OS2. The minimum atomic E-state index is 0.256. The van der Waals surface area contributed by atoms with Crippen LogP contribution in [0.2, 0.25) is 0 Å². The highest BCUT2D eigenvalue weighted by Gasteiger charge is 2.27. The standard InChI is InChI=1S/C15H20N2OS2/c1-11-4-2-5-13(9-18)17(11)8-12-10-20-15(16-12)14-6-3-7-19-14/h3,6-7,10-11,13,18H,2,4-5,8-9H2,1H3. The molecule has 5 heteroatoms. The number of rotatable bonds is 4. The summed E-state index contributed by atoms with van der Waals surface area (Å²) < 4.78 is 0. The zero-order valence-electron chi connectivity index (χ0n) is 11.7. The number of aliphatic hydroxyl groups excluding tert-OH is 1. The maximum atomic E-state index is 9.55. The molecule has 0 spiro atoms. The van der Waals surface area contributed by atoms with Gasteiger partial charge in [-0.25, -0.2) is 4.98 Å². The quantitative estimate of drug-likeness (QED) is 0.937. The summed E-state index contributed by atoms with van der Waals surface area (Å²) in [5.74, 6) is 0. The first-order valence-corrected chi connectivity index (χ1v) is 8.88. The van der Waals surface area contributed by atoms with Gasteiger partial charge in [-0.2, -0.15) is 0 Å². The second kappa shape index (κ2) is 6.35. The maximum Gasteiger partial charge on any atom is 0.133 e. The number of piperidine rings is 1. The van der Waals surface area contributed by atoms with E-state index in [2.05, 4.69) is 34.7 Å². The SMILES string of the molecule is CC1CCCC(CO)N1Cc1csc(-c2cccs2)n1. The van der Waals surface area contributed by atoms with E-state index in [0.717, 1.165) is 23.7 Å². The van der Waals surface area contributed by atoms with Gasteiger partial charge in [0, 0.05) is 24.0 Å². The van der Waals surface area contributed by atoms with Crippen LogP contribution < -0.4 is 0 Å². The summed E-state index contributed by atoms with van der Waals surface area (Å²) in [6.45, 7) is 3.37. The molecule has 1 aliphatic heterocycles. The molecule has 0 amide bonds. The van der Waals surface area contributed by atoms with E-state index in [1.807, 2.05) is 0 Å². The fourth-order valence-corrected chi connectivity index (χ4v) is 4.53. The molecule has 3 heterocycles. The molecule has 2 atom stereocenters. The van der Waals surface area contributed by atoms with Gasteiger partial charge in [-0.05, 0) is 31.2 Å². The van der Waals surface area contributed by atoms with Gasteiger partial charge in [0.1, 0.15) is 5.01 Å². The second-order valence-electron chi connectivity index (χ2n) is 5.41. The lowest BCUT2D eigenvalue weighted by atomic mass is 9.97. The number of aromatic nitrogens is 1. The largest absolute Gasteiger partial charge is 0.395 e. The molecule has 0 aromatic carbocycles. The van der Waals surface area contributed by atoms with Crippen molar-refractivity contribution in [1.82, 2.24) is 9.88 Å². The van der Waals surface area contributed by atoms with Gasteiger partial charge in [0.25, 0.3) is 0 Å². The van der Waals surface area contributed by atoms with Crippen LogP contribution in [0.5, 0.6) is 0 Å². The molecule has 3 rings (SSSR count). The third-order valence-electron chi connectivity index (χ3n) is 4.03. The Morgan fingerprint density at radius 3 is 3.05 bits per heavy atom. The molecular weight excluding hydrogens is 288 g/mol. The molecule has 1 aliphatic rings. The predicted octanol–water partition coefficient (Wildman–Crippen LogP) is 3.61. The van der Waals surface area contributed by atoms with Gasteiger partial charge in [-0.1, -0.05) is 12.5 Å². The molecule has 1 saturated heterocycles. The summed E-state index contributed by atoms with van der Waals surface area (Å²) in [5.41, 5.74) is 1.13. The first-order valence-electron chi connectivity index (χ1n) is 7.13. The average molecular weight is 308 g/mol. The molecule has 2 unspecified atom stereocenters. The fraction of sp³-hybridized carbons (Fsp3) is 0.533. The number of hydrogen-bond donors (Lipinski definition) is 1. The Balaban J connectivity index is 1.73. The van der Waals surface area contributed by atoms with Crippen molar-refractivity contribution < 1.29 is 5.11 Å². The number of nitrogens with zero attached hydrogens (tertiary/aromatic N) is 2. The van der Waals surface area contributed by atoms with Crippen LogP contribution in [0.15, 0.2) is 22.9 Å². The van der Waals surface area contributed by atoms with Crippen molar-refractivity contribution >= 4 is 22.7 Å².